The Labute approximate surface area is 159 Å². The summed E-state index contributed by atoms with van der Waals surface area (Å²) in [7, 11) is 0. The summed E-state index contributed by atoms with van der Waals surface area (Å²) in [5, 5.41) is 4.64. The van der Waals surface area contributed by atoms with Crippen molar-refractivity contribution in [3.8, 4) is 0 Å². The van der Waals surface area contributed by atoms with Gasteiger partial charge in [0.05, 0.1) is 0 Å². The van der Waals surface area contributed by atoms with Gasteiger partial charge >= 0.3 is 0 Å². The second-order valence-corrected chi connectivity index (χ2v) is 6.72. The molecule has 0 spiro atoms. The van der Waals surface area contributed by atoms with E-state index in [2.05, 4.69) is 5.32 Å². The minimum atomic E-state index is 0.170. The summed E-state index contributed by atoms with van der Waals surface area (Å²) < 4.78 is 0. The molecule has 1 amide bonds. The normalized spacial score (nSPS) is 10.7. The number of benzene rings is 2. The molecule has 2 rings (SSSR count). The molecule has 0 fully saturated rings. The number of hydrogen-bond donors (Lipinski definition) is 1. The van der Waals surface area contributed by atoms with Gasteiger partial charge in [0, 0.05) is 36.1 Å². The summed E-state index contributed by atoms with van der Waals surface area (Å²) >= 11 is 12.1. The van der Waals surface area contributed by atoms with Crippen LogP contribution in [0.3, 0.4) is 0 Å². The molecule has 134 valence electrons. The van der Waals surface area contributed by atoms with Gasteiger partial charge in [-0.1, -0.05) is 59.6 Å². The topological polar surface area (TPSA) is 32.3 Å². The summed E-state index contributed by atoms with van der Waals surface area (Å²) in [5.74, 6) is 0.170. The van der Waals surface area contributed by atoms with Crippen molar-refractivity contribution in [2.24, 2.45) is 0 Å². The molecule has 1 N–H and O–H groups in total. The lowest BCUT2D eigenvalue weighted by atomic mass is 10.1. The molecule has 3 nitrogen and oxygen atoms in total. The molecule has 0 aliphatic carbocycles. The van der Waals surface area contributed by atoms with Crippen LogP contribution in [-0.4, -0.2) is 30.4 Å². The number of hydrogen-bond acceptors (Lipinski definition) is 2. The van der Waals surface area contributed by atoms with Crippen molar-refractivity contribution in [1.82, 2.24) is 10.2 Å². The number of nitrogens with zero attached hydrogens (tertiary/aromatic N) is 1. The molecular weight excluding hydrogens is 355 g/mol. The van der Waals surface area contributed by atoms with Gasteiger partial charge in [-0.25, -0.2) is 0 Å². The van der Waals surface area contributed by atoms with Crippen molar-refractivity contribution in [1.29, 1.82) is 0 Å². The molecular formula is C20H24Cl2N2O. The van der Waals surface area contributed by atoms with Gasteiger partial charge in [-0.15, -0.1) is 0 Å². The number of amides is 1. The van der Waals surface area contributed by atoms with Gasteiger partial charge in [0.15, 0.2) is 0 Å². The monoisotopic (exact) mass is 378 g/mol. The fraction of sp³-hybridized carbons (Fsp3) is 0.350. The van der Waals surface area contributed by atoms with Crippen LogP contribution in [0.5, 0.6) is 0 Å². The molecule has 25 heavy (non-hydrogen) atoms. The fourth-order valence-electron chi connectivity index (χ4n) is 2.61. The molecule has 0 saturated heterocycles. The van der Waals surface area contributed by atoms with Crippen molar-refractivity contribution in [2.45, 2.75) is 26.3 Å². The quantitative estimate of drug-likeness (QED) is 0.648. The zero-order valence-electron chi connectivity index (χ0n) is 14.5. The summed E-state index contributed by atoms with van der Waals surface area (Å²) in [5.41, 5.74) is 2.21. The van der Waals surface area contributed by atoms with Crippen LogP contribution >= 0.6 is 23.2 Å². The molecule has 0 aliphatic rings. The third kappa shape index (κ3) is 6.69. The van der Waals surface area contributed by atoms with E-state index in [0.29, 0.717) is 36.1 Å². The fourth-order valence-corrected chi connectivity index (χ4v) is 3.11. The maximum atomic E-state index is 12.4. The second-order valence-electron chi connectivity index (χ2n) is 5.88. The first-order valence-electron chi connectivity index (χ1n) is 8.56. The Morgan fingerprint density at radius 3 is 2.52 bits per heavy atom. The Bertz CT molecular complexity index is 677. The van der Waals surface area contributed by atoms with Crippen LogP contribution < -0.4 is 5.32 Å². The summed E-state index contributed by atoms with van der Waals surface area (Å²) in [6, 6.07) is 15.6. The maximum Gasteiger partial charge on any atom is 0.224 e. The average Bonchev–Trinajstić information content (AvgIpc) is 2.61. The molecule has 0 heterocycles. The first-order chi connectivity index (χ1) is 12.1. The van der Waals surface area contributed by atoms with E-state index in [4.69, 9.17) is 23.2 Å². The Hall–Kier alpha value is -1.55. The lowest BCUT2D eigenvalue weighted by Crippen LogP contribution is -2.33. The van der Waals surface area contributed by atoms with Crippen molar-refractivity contribution < 1.29 is 4.79 Å². The van der Waals surface area contributed by atoms with E-state index in [-0.39, 0.29) is 5.91 Å². The van der Waals surface area contributed by atoms with Gasteiger partial charge in [-0.2, -0.15) is 0 Å². The Morgan fingerprint density at radius 1 is 1.08 bits per heavy atom. The highest BCUT2D eigenvalue weighted by molar-refractivity contribution is 6.35. The number of rotatable bonds is 9. The smallest absolute Gasteiger partial charge is 0.224 e. The number of carbonyl (C=O) groups is 1. The van der Waals surface area contributed by atoms with Crippen molar-refractivity contribution >= 4 is 29.1 Å². The molecule has 0 saturated carbocycles. The van der Waals surface area contributed by atoms with Crippen LogP contribution in [0.25, 0.3) is 0 Å². The molecule has 5 heteroatoms. The predicted molar refractivity (Wildman–Crippen MR) is 105 cm³/mol. The molecule has 0 atom stereocenters. The Kier molecular flexibility index (Phi) is 8.26. The van der Waals surface area contributed by atoms with E-state index >= 15 is 0 Å². The molecule has 2 aromatic rings. The third-order valence-electron chi connectivity index (χ3n) is 4.05. The van der Waals surface area contributed by atoms with Crippen molar-refractivity contribution in [3.63, 3.8) is 0 Å². The molecule has 0 aromatic heterocycles. The Morgan fingerprint density at radius 2 is 1.84 bits per heavy atom. The van der Waals surface area contributed by atoms with Crippen LogP contribution in [0.15, 0.2) is 48.5 Å². The highest BCUT2D eigenvalue weighted by Gasteiger charge is 2.11. The van der Waals surface area contributed by atoms with Gasteiger partial charge < -0.3 is 10.2 Å². The van der Waals surface area contributed by atoms with Crippen LogP contribution in [0.2, 0.25) is 10.0 Å². The zero-order valence-corrected chi connectivity index (χ0v) is 16.0. The van der Waals surface area contributed by atoms with Crippen LogP contribution in [0.4, 0.5) is 0 Å². The van der Waals surface area contributed by atoms with Gasteiger partial charge in [0.25, 0.3) is 0 Å². The molecule has 0 aliphatic heterocycles. The lowest BCUT2D eigenvalue weighted by Gasteiger charge is -2.21. The highest BCUT2D eigenvalue weighted by Crippen LogP contribution is 2.21. The van der Waals surface area contributed by atoms with Crippen LogP contribution in [0, 0.1) is 0 Å². The zero-order chi connectivity index (χ0) is 18.1. The van der Waals surface area contributed by atoms with Crippen molar-refractivity contribution in [3.05, 3.63) is 69.7 Å². The highest BCUT2D eigenvalue weighted by atomic mass is 35.5. The lowest BCUT2D eigenvalue weighted by molar-refractivity contribution is -0.131. The molecule has 0 unspecified atom stereocenters. The third-order valence-corrected chi connectivity index (χ3v) is 4.64. The predicted octanol–water partition coefficient (Wildman–Crippen LogP) is 4.56. The van der Waals surface area contributed by atoms with E-state index in [1.165, 1.54) is 0 Å². The first kappa shape index (κ1) is 19.8. The number of halogens is 2. The SMILES string of the molecule is CCN(Cc1ccccc1)C(=O)CCNCCc1ccc(Cl)cc1Cl. The number of carbonyl (C=O) groups excluding carboxylic acids is 1. The largest absolute Gasteiger partial charge is 0.339 e. The standard InChI is InChI=1S/C20H24Cl2N2O/c1-2-24(15-16-6-4-3-5-7-16)20(25)11-13-23-12-10-17-8-9-18(21)14-19(17)22/h3-9,14,23H,2,10-13,15H2,1H3. The summed E-state index contributed by atoms with van der Waals surface area (Å²) in [6.07, 6.45) is 1.31. The van der Waals surface area contributed by atoms with Crippen molar-refractivity contribution in [2.75, 3.05) is 19.6 Å². The van der Waals surface area contributed by atoms with Crippen LogP contribution in [-0.2, 0) is 17.8 Å². The van der Waals surface area contributed by atoms with Gasteiger partial charge in [0.2, 0.25) is 5.91 Å². The minimum Gasteiger partial charge on any atom is -0.339 e. The van der Waals surface area contributed by atoms with Gasteiger partial charge in [-0.05, 0) is 43.1 Å². The Balaban J connectivity index is 1.70. The minimum absolute atomic E-state index is 0.170. The van der Waals surface area contributed by atoms with E-state index in [0.717, 1.165) is 24.1 Å². The second kappa shape index (κ2) is 10.4. The van der Waals surface area contributed by atoms with Crippen LogP contribution in [0.1, 0.15) is 24.5 Å². The van der Waals surface area contributed by atoms with E-state index in [9.17, 15) is 4.79 Å². The average molecular weight is 379 g/mol. The summed E-state index contributed by atoms with van der Waals surface area (Å²) in [6.45, 7) is 4.83. The first-order valence-corrected chi connectivity index (χ1v) is 9.32. The molecule has 0 bridgehead atoms. The maximum absolute atomic E-state index is 12.4. The van der Waals surface area contributed by atoms with E-state index in [1.807, 2.05) is 54.3 Å². The van der Waals surface area contributed by atoms with Gasteiger partial charge in [-0.3, -0.25) is 4.79 Å². The molecule has 2 aromatic carbocycles. The molecule has 0 radical (unpaired) electrons. The summed E-state index contributed by atoms with van der Waals surface area (Å²) in [4.78, 5) is 14.2. The van der Waals surface area contributed by atoms with Gasteiger partial charge in [0.1, 0.15) is 0 Å². The number of nitrogens with one attached hydrogen (secondary N) is 1. The van der Waals surface area contributed by atoms with E-state index in [1.54, 1.807) is 6.07 Å². The van der Waals surface area contributed by atoms with E-state index < -0.39 is 0 Å².